The Morgan fingerprint density at radius 1 is 0.984 bits per heavy atom. The number of Topliss-reactive ketones (excluding diaryl/α,β-unsaturated/α-hetero) is 1. The van der Waals surface area contributed by atoms with E-state index < -0.39 is 121 Å². The van der Waals surface area contributed by atoms with Crippen LogP contribution in [0.4, 0.5) is 0 Å². The summed E-state index contributed by atoms with van der Waals surface area (Å²) in [6, 6.07) is -1.51. The average molecular weight is 891 g/mol. The van der Waals surface area contributed by atoms with Crippen molar-refractivity contribution in [2.24, 2.45) is 17.8 Å². The number of aliphatic hydroxyl groups is 3. The number of cyclic esters (lactones) is 1. The molecular formula is C42H70N2O16S. The van der Waals surface area contributed by atoms with Gasteiger partial charge in [-0.15, -0.1) is 0 Å². The second kappa shape index (κ2) is 22.6. The van der Waals surface area contributed by atoms with Crippen LogP contribution in [-0.4, -0.2) is 186 Å². The first kappa shape index (κ1) is 51.4. The van der Waals surface area contributed by atoms with Crippen molar-refractivity contribution in [3.8, 4) is 0 Å². The zero-order valence-electron chi connectivity index (χ0n) is 37.3. The number of carboxylic acid groups (broad SMARTS) is 1. The molecule has 0 aromatic carbocycles. The summed E-state index contributed by atoms with van der Waals surface area (Å²) >= 11 is 1.12. The number of ketones is 1. The fourth-order valence-electron chi connectivity index (χ4n) is 8.80. The van der Waals surface area contributed by atoms with Gasteiger partial charge < -0.3 is 68.5 Å². The number of carboxylic acids is 1. The molecule has 0 bridgehead atoms. The van der Waals surface area contributed by atoms with Gasteiger partial charge in [0.25, 0.3) is 0 Å². The Balaban J connectivity index is 1.72. The van der Waals surface area contributed by atoms with Gasteiger partial charge in [-0.1, -0.05) is 33.8 Å². The number of amides is 1. The lowest BCUT2D eigenvalue weighted by atomic mass is 9.83. The summed E-state index contributed by atoms with van der Waals surface area (Å²) in [6.45, 7) is 11.6. The van der Waals surface area contributed by atoms with Crippen LogP contribution in [0.1, 0.15) is 74.1 Å². The second-order valence-corrected chi connectivity index (χ2v) is 18.7. The molecule has 0 aromatic heterocycles. The largest absolute Gasteiger partial charge is 0.480 e. The number of thioether (sulfide) groups is 1. The summed E-state index contributed by atoms with van der Waals surface area (Å²) in [5.74, 6) is -4.11. The number of ether oxygens (including phenoxy) is 8. The number of epoxide rings is 1. The van der Waals surface area contributed by atoms with E-state index in [0.29, 0.717) is 12.8 Å². The first-order valence-corrected chi connectivity index (χ1v) is 22.3. The third-order valence-corrected chi connectivity index (χ3v) is 13.8. The van der Waals surface area contributed by atoms with Gasteiger partial charge in [-0.3, -0.25) is 9.59 Å². The van der Waals surface area contributed by atoms with E-state index in [1.54, 1.807) is 26.8 Å². The van der Waals surface area contributed by atoms with Crippen LogP contribution in [0.3, 0.4) is 0 Å². The molecular weight excluding hydrogens is 821 g/mol. The number of fused-ring (bicyclic) bond motifs is 1. The van der Waals surface area contributed by atoms with Crippen LogP contribution in [0.5, 0.6) is 0 Å². The van der Waals surface area contributed by atoms with Crippen molar-refractivity contribution in [3.63, 3.8) is 0 Å². The number of carbonyl (C=O) groups is 4. The van der Waals surface area contributed by atoms with E-state index >= 15 is 0 Å². The number of carbonyl (C=O) groups excluding carboxylic acids is 3. The minimum atomic E-state index is -2.05. The maximum Gasteiger partial charge on any atom is 0.330 e. The van der Waals surface area contributed by atoms with Gasteiger partial charge in [-0.2, -0.15) is 11.8 Å². The molecule has 61 heavy (non-hydrogen) atoms. The van der Waals surface area contributed by atoms with Gasteiger partial charge >= 0.3 is 11.9 Å². The van der Waals surface area contributed by atoms with Gasteiger partial charge in [0.1, 0.15) is 48.4 Å². The average Bonchev–Trinajstić information content (AvgIpc) is 4.01. The maximum absolute atomic E-state index is 14.2. The first-order chi connectivity index (χ1) is 28.7. The SMILES string of the molecule is CCC1OC(=O)/C=C/[C@H](C)C(O[C@@H]2O[C@H](C)C[C@H](N(C)C)[C@H]2O)[C@@H](C)C[C@@H](C)C(=O)CC(SC[C@@H](NC(C)=O)C(=O)O)[C@H]2O[C@H]2[C@]1(O)CO[C@@H]1O[C@H](C)[C@@H](O)[C@@H](OC)[C@H]1OC. The fraction of sp³-hybridized carbons (Fsp3) is 0.857. The second-order valence-electron chi connectivity index (χ2n) is 17.4. The number of hydrogen-bond acceptors (Lipinski definition) is 17. The Labute approximate surface area is 363 Å². The summed E-state index contributed by atoms with van der Waals surface area (Å²) in [7, 11) is 6.57. The van der Waals surface area contributed by atoms with Gasteiger partial charge in [0, 0.05) is 62.5 Å². The molecule has 18 nitrogen and oxygen atoms in total. The van der Waals surface area contributed by atoms with Crippen molar-refractivity contribution >= 4 is 35.4 Å². The van der Waals surface area contributed by atoms with Crippen LogP contribution in [0.2, 0.25) is 0 Å². The summed E-state index contributed by atoms with van der Waals surface area (Å²) in [4.78, 5) is 53.9. The summed E-state index contributed by atoms with van der Waals surface area (Å²) in [5.41, 5.74) is -2.05. The molecule has 0 radical (unpaired) electrons. The standard InChI is InChI=1S/C42H70N2O16S/c1-12-30-42(52,19-55-41-37(54-11)36(53-10)32(48)24(6)57-41)38-35(59-38)29(61-18-26(39(50)51)43-25(7)45)17-28(46)21(3)15-22(4)34(20(2)13-14-31(47)58-30)60-40-33(49)27(44(8)9)16-23(5)56-40/h13-14,20-24,26-27,29-30,32-38,40-41,48-49,52H,12,15-19H2,1-11H3,(H,43,45)(H,50,51)/b14-13+/t20-,21+,22-,23+,24+,26+,27-,29?,30?,32+,33+,34?,35+,36+,37+,38+,40-,41+,42-/m0/s1. The Kier molecular flexibility index (Phi) is 19.0. The number of aliphatic hydroxyl groups excluding tert-OH is 2. The minimum Gasteiger partial charge on any atom is -0.480 e. The van der Waals surface area contributed by atoms with Gasteiger partial charge in [0.2, 0.25) is 5.91 Å². The van der Waals surface area contributed by atoms with Crippen molar-refractivity contribution < 1.29 is 77.5 Å². The van der Waals surface area contributed by atoms with E-state index in [-0.39, 0.29) is 42.4 Å². The van der Waals surface area contributed by atoms with E-state index in [4.69, 9.17) is 37.9 Å². The summed E-state index contributed by atoms with van der Waals surface area (Å²) < 4.78 is 48.2. The highest BCUT2D eigenvalue weighted by Crippen LogP contribution is 2.45. The van der Waals surface area contributed by atoms with E-state index in [2.05, 4.69) is 5.32 Å². The van der Waals surface area contributed by atoms with Crippen LogP contribution < -0.4 is 5.32 Å². The van der Waals surface area contributed by atoms with E-state index in [1.807, 2.05) is 39.8 Å². The molecule has 19 atom stereocenters. The predicted molar refractivity (Wildman–Crippen MR) is 221 cm³/mol. The van der Waals surface area contributed by atoms with Crippen molar-refractivity contribution in [3.05, 3.63) is 12.2 Å². The highest BCUT2D eigenvalue weighted by molar-refractivity contribution is 8.00. The molecule has 5 N–H and O–H groups in total. The van der Waals surface area contributed by atoms with E-state index in [1.165, 1.54) is 27.2 Å². The topological polar surface area (TPSA) is 242 Å². The molecule has 19 heteroatoms. The van der Waals surface area contributed by atoms with E-state index in [9.17, 15) is 39.6 Å². The molecule has 0 aromatic rings. The third-order valence-electron chi connectivity index (χ3n) is 12.4. The van der Waals surface area contributed by atoms with Gasteiger partial charge in [-0.05, 0) is 53.1 Å². The molecule has 0 aliphatic carbocycles. The highest BCUT2D eigenvalue weighted by atomic mass is 32.2. The number of rotatable bonds is 14. The quantitative estimate of drug-likeness (QED) is 0.122. The van der Waals surface area contributed by atoms with Crippen molar-refractivity contribution in [1.29, 1.82) is 0 Å². The third kappa shape index (κ3) is 12.9. The molecule has 4 aliphatic rings. The number of nitrogens with zero attached hydrogens (tertiary/aromatic N) is 1. The summed E-state index contributed by atoms with van der Waals surface area (Å²) in [5, 5.41) is 46.4. The first-order valence-electron chi connectivity index (χ1n) is 21.2. The normalized spacial score (nSPS) is 42.6. The predicted octanol–water partition coefficient (Wildman–Crippen LogP) is 1.29. The van der Waals surface area contributed by atoms with Crippen molar-refractivity contribution in [2.75, 3.05) is 40.7 Å². The number of aliphatic carboxylic acids is 1. The Morgan fingerprint density at radius 3 is 2.25 bits per heavy atom. The molecule has 3 unspecified atom stereocenters. The zero-order valence-corrected chi connectivity index (χ0v) is 38.1. The van der Waals surface area contributed by atoms with Crippen LogP contribution in [0, 0.1) is 17.8 Å². The number of esters is 1. The smallest absolute Gasteiger partial charge is 0.330 e. The monoisotopic (exact) mass is 890 g/mol. The van der Waals surface area contributed by atoms with Crippen LogP contribution >= 0.6 is 11.8 Å². The molecule has 1 amide bonds. The molecule has 4 aliphatic heterocycles. The number of likely N-dealkylation sites (N-methyl/N-ethyl adjacent to an activating group) is 1. The lowest BCUT2D eigenvalue weighted by Crippen LogP contribution is -2.61. The zero-order chi connectivity index (χ0) is 45.5. The molecule has 4 rings (SSSR count). The van der Waals surface area contributed by atoms with E-state index in [0.717, 1.165) is 11.8 Å². The molecule has 350 valence electrons. The van der Waals surface area contributed by atoms with Crippen molar-refractivity contribution in [1.82, 2.24) is 10.2 Å². The molecule has 3 saturated heterocycles. The highest BCUT2D eigenvalue weighted by Gasteiger charge is 2.62. The van der Waals surface area contributed by atoms with Crippen LogP contribution in [0.25, 0.3) is 0 Å². The fourth-order valence-corrected chi connectivity index (χ4v) is 10.1. The van der Waals surface area contributed by atoms with Gasteiger partial charge in [-0.25, -0.2) is 9.59 Å². The number of nitrogens with one attached hydrogen (secondary N) is 1. The Hall–Kier alpha value is -2.27. The summed E-state index contributed by atoms with van der Waals surface area (Å²) in [6.07, 6.45) is -6.82. The number of methoxy groups -OCH3 is 2. The lowest BCUT2D eigenvalue weighted by Gasteiger charge is -2.43. The molecule has 4 heterocycles. The Morgan fingerprint density at radius 2 is 1.66 bits per heavy atom. The minimum absolute atomic E-state index is 0.0878. The lowest BCUT2D eigenvalue weighted by molar-refractivity contribution is -0.313. The van der Waals surface area contributed by atoms with Gasteiger partial charge in [0.05, 0.1) is 31.0 Å². The molecule has 0 spiro atoms. The van der Waals surface area contributed by atoms with Crippen molar-refractivity contribution in [2.45, 2.75) is 171 Å². The molecule has 3 fully saturated rings. The van der Waals surface area contributed by atoms with Crippen LogP contribution in [-0.2, 0) is 57.1 Å². The Bertz CT molecular complexity index is 1510. The maximum atomic E-state index is 14.2. The number of hydrogen-bond donors (Lipinski definition) is 5. The van der Waals surface area contributed by atoms with Crippen LogP contribution in [0.15, 0.2) is 12.2 Å². The van der Waals surface area contributed by atoms with Gasteiger partial charge in [0.15, 0.2) is 18.2 Å². The molecule has 0 saturated carbocycles.